The molecule has 0 unspecified atom stereocenters. The first-order chi connectivity index (χ1) is 14.9. The molecule has 158 valence electrons. The molecule has 0 radical (unpaired) electrons. The van der Waals surface area contributed by atoms with E-state index >= 15 is 0 Å². The van der Waals surface area contributed by atoms with Crippen LogP contribution in [0.2, 0.25) is 0 Å². The third-order valence-corrected chi connectivity index (χ3v) is 5.31. The number of aromatic nitrogens is 2. The molecule has 0 bridgehead atoms. The maximum absolute atomic E-state index is 12.9. The van der Waals surface area contributed by atoms with Crippen LogP contribution in [0, 0.1) is 0 Å². The molecule has 2 N–H and O–H groups in total. The fraction of sp³-hybridized carbons (Fsp3) is 0.227. The van der Waals surface area contributed by atoms with Gasteiger partial charge in [-0.15, -0.1) is 0 Å². The standard InChI is InChI=1S/C22H21N5O4/c1-22(12-11-15-7-3-2-4-8-15)20(30)27(21(31)24-22)25-19(29)14-26-17-10-6-5-9-16(17)18(28)13-23-26/h2-10,13H,11-12,14H2,1H3,(H,24,31)(H,25,29)/t22-/m1/s1. The molecule has 0 saturated carbocycles. The predicted molar refractivity (Wildman–Crippen MR) is 113 cm³/mol. The van der Waals surface area contributed by atoms with Crippen LogP contribution in [-0.4, -0.2) is 38.2 Å². The first-order valence-electron chi connectivity index (χ1n) is 9.82. The predicted octanol–water partition coefficient (Wildman–Crippen LogP) is 1.37. The highest BCUT2D eigenvalue weighted by atomic mass is 16.2. The number of nitrogens with zero attached hydrogens (tertiary/aromatic N) is 3. The normalized spacial score (nSPS) is 18.3. The van der Waals surface area contributed by atoms with E-state index in [0.29, 0.717) is 28.8 Å². The first kappa shape index (κ1) is 20.3. The molecule has 0 spiro atoms. The Morgan fingerprint density at radius 3 is 2.55 bits per heavy atom. The molecule has 4 rings (SSSR count). The molecule has 31 heavy (non-hydrogen) atoms. The van der Waals surface area contributed by atoms with Gasteiger partial charge in [-0.25, -0.2) is 4.79 Å². The van der Waals surface area contributed by atoms with Gasteiger partial charge in [0.25, 0.3) is 11.8 Å². The molecule has 4 amide bonds. The van der Waals surface area contributed by atoms with Crippen LogP contribution in [0.25, 0.3) is 10.9 Å². The maximum atomic E-state index is 12.9. The minimum atomic E-state index is -1.12. The van der Waals surface area contributed by atoms with Crippen molar-refractivity contribution in [2.75, 3.05) is 0 Å². The Hall–Kier alpha value is -4.01. The van der Waals surface area contributed by atoms with Crippen molar-refractivity contribution in [2.45, 2.75) is 31.8 Å². The van der Waals surface area contributed by atoms with Gasteiger partial charge in [-0.1, -0.05) is 42.5 Å². The molecular weight excluding hydrogens is 398 g/mol. The lowest BCUT2D eigenvalue weighted by molar-refractivity contribution is -0.139. The number of aryl methyl sites for hydroxylation is 1. The SMILES string of the molecule is C[C@]1(CCc2ccccc2)NC(=O)N(NC(=O)Cn2ncc(=O)c3ccccc32)C1=O. The minimum Gasteiger partial charge on any atom is -0.322 e. The number of carbonyl (C=O) groups is 3. The van der Waals surface area contributed by atoms with Crippen molar-refractivity contribution in [3.63, 3.8) is 0 Å². The van der Waals surface area contributed by atoms with Gasteiger partial charge < -0.3 is 5.32 Å². The van der Waals surface area contributed by atoms with Gasteiger partial charge in [-0.3, -0.25) is 24.5 Å². The Labute approximate surface area is 177 Å². The van der Waals surface area contributed by atoms with E-state index < -0.39 is 23.4 Å². The number of hydrazine groups is 1. The molecule has 9 nitrogen and oxygen atoms in total. The highest BCUT2D eigenvalue weighted by Crippen LogP contribution is 2.22. The monoisotopic (exact) mass is 419 g/mol. The second-order valence-corrected chi connectivity index (χ2v) is 7.61. The topological polar surface area (TPSA) is 113 Å². The average molecular weight is 419 g/mol. The van der Waals surface area contributed by atoms with E-state index in [9.17, 15) is 19.2 Å². The van der Waals surface area contributed by atoms with E-state index in [1.165, 1.54) is 4.68 Å². The number of hydrogen-bond acceptors (Lipinski definition) is 5. The highest BCUT2D eigenvalue weighted by molar-refractivity contribution is 6.07. The number of nitrogens with one attached hydrogen (secondary N) is 2. The zero-order valence-corrected chi connectivity index (χ0v) is 16.9. The third kappa shape index (κ3) is 4.02. The number of benzene rings is 2. The zero-order chi connectivity index (χ0) is 22.0. The van der Waals surface area contributed by atoms with Crippen LogP contribution < -0.4 is 16.2 Å². The largest absolute Gasteiger partial charge is 0.344 e. The van der Waals surface area contributed by atoms with Crippen molar-refractivity contribution < 1.29 is 14.4 Å². The van der Waals surface area contributed by atoms with Crippen LogP contribution in [0.5, 0.6) is 0 Å². The Morgan fingerprint density at radius 2 is 1.77 bits per heavy atom. The summed E-state index contributed by atoms with van der Waals surface area (Å²) in [6.45, 7) is 1.37. The van der Waals surface area contributed by atoms with E-state index in [0.717, 1.165) is 11.8 Å². The molecule has 2 aromatic carbocycles. The summed E-state index contributed by atoms with van der Waals surface area (Å²) in [4.78, 5) is 49.7. The molecular formula is C22H21N5O4. The summed E-state index contributed by atoms with van der Waals surface area (Å²) in [6.07, 6.45) is 2.11. The quantitative estimate of drug-likeness (QED) is 0.586. The Kier molecular flexibility index (Phi) is 5.24. The van der Waals surface area contributed by atoms with Gasteiger partial charge in [0.05, 0.1) is 11.7 Å². The number of rotatable bonds is 6. The number of amides is 4. The second kappa shape index (κ2) is 8.02. The summed E-state index contributed by atoms with van der Waals surface area (Å²) in [5.41, 5.74) is 2.50. The lowest BCUT2D eigenvalue weighted by atomic mass is 9.93. The van der Waals surface area contributed by atoms with E-state index in [1.807, 2.05) is 30.3 Å². The van der Waals surface area contributed by atoms with E-state index in [4.69, 9.17) is 0 Å². The Morgan fingerprint density at radius 1 is 1.06 bits per heavy atom. The number of carbonyl (C=O) groups excluding carboxylic acids is 3. The van der Waals surface area contributed by atoms with Crippen molar-refractivity contribution in [3.8, 4) is 0 Å². The van der Waals surface area contributed by atoms with Gasteiger partial charge >= 0.3 is 6.03 Å². The number of urea groups is 1. The van der Waals surface area contributed by atoms with Crippen molar-refractivity contribution >= 4 is 28.7 Å². The van der Waals surface area contributed by atoms with Gasteiger partial charge in [0.2, 0.25) is 5.43 Å². The van der Waals surface area contributed by atoms with Crippen LogP contribution in [0.3, 0.4) is 0 Å². The van der Waals surface area contributed by atoms with Crippen molar-refractivity contribution in [1.82, 2.24) is 25.5 Å². The second-order valence-electron chi connectivity index (χ2n) is 7.61. The molecule has 1 saturated heterocycles. The lowest BCUT2D eigenvalue weighted by Crippen LogP contribution is -2.49. The summed E-state index contributed by atoms with van der Waals surface area (Å²) in [7, 11) is 0. The van der Waals surface area contributed by atoms with E-state index in [2.05, 4.69) is 15.8 Å². The zero-order valence-electron chi connectivity index (χ0n) is 16.9. The van der Waals surface area contributed by atoms with Crippen molar-refractivity contribution in [2.24, 2.45) is 0 Å². The Balaban J connectivity index is 1.45. The van der Waals surface area contributed by atoms with Gasteiger partial charge in [0, 0.05) is 5.39 Å². The molecule has 0 aliphatic carbocycles. The summed E-state index contributed by atoms with van der Waals surface area (Å²) < 4.78 is 1.35. The molecule has 3 aromatic rings. The Bertz CT molecular complexity index is 1220. The summed E-state index contributed by atoms with van der Waals surface area (Å²) >= 11 is 0. The minimum absolute atomic E-state index is 0.254. The smallest absolute Gasteiger partial charge is 0.322 e. The number of imide groups is 1. The molecule has 1 aliphatic rings. The van der Waals surface area contributed by atoms with Gasteiger partial charge in [0.1, 0.15) is 12.1 Å². The van der Waals surface area contributed by atoms with E-state index in [1.54, 1.807) is 31.2 Å². The molecule has 1 fully saturated rings. The van der Waals surface area contributed by atoms with Crippen LogP contribution >= 0.6 is 0 Å². The molecule has 1 aromatic heterocycles. The van der Waals surface area contributed by atoms with Crippen molar-refractivity contribution in [3.05, 3.63) is 76.6 Å². The number of para-hydroxylation sites is 1. The fourth-order valence-electron chi connectivity index (χ4n) is 3.58. The van der Waals surface area contributed by atoms with Crippen molar-refractivity contribution in [1.29, 1.82) is 0 Å². The molecule has 9 heteroatoms. The third-order valence-electron chi connectivity index (χ3n) is 5.31. The molecule has 2 heterocycles. The lowest BCUT2D eigenvalue weighted by Gasteiger charge is -2.21. The van der Waals surface area contributed by atoms with Gasteiger partial charge in [0.15, 0.2) is 0 Å². The van der Waals surface area contributed by atoms with Crippen LogP contribution in [0.4, 0.5) is 4.79 Å². The van der Waals surface area contributed by atoms with Crippen LogP contribution in [0.1, 0.15) is 18.9 Å². The van der Waals surface area contributed by atoms with Gasteiger partial charge in [-0.2, -0.15) is 10.1 Å². The maximum Gasteiger partial charge on any atom is 0.344 e. The molecule has 1 aliphatic heterocycles. The van der Waals surface area contributed by atoms with Crippen LogP contribution in [-0.2, 0) is 22.6 Å². The number of hydrogen-bond donors (Lipinski definition) is 2. The summed E-state index contributed by atoms with van der Waals surface area (Å²) in [6, 6.07) is 15.7. The molecule has 1 atom stereocenters. The fourth-order valence-corrected chi connectivity index (χ4v) is 3.58. The summed E-state index contributed by atoms with van der Waals surface area (Å²) in [5, 5.41) is 7.79. The summed E-state index contributed by atoms with van der Waals surface area (Å²) in [5.74, 6) is -1.14. The van der Waals surface area contributed by atoms with Crippen LogP contribution in [0.15, 0.2) is 65.6 Å². The first-order valence-corrected chi connectivity index (χ1v) is 9.82. The van der Waals surface area contributed by atoms with E-state index in [-0.39, 0.29) is 12.0 Å². The van der Waals surface area contributed by atoms with Gasteiger partial charge in [-0.05, 0) is 37.5 Å². The highest BCUT2D eigenvalue weighted by Gasteiger charge is 2.48. The number of fused-ring (bicyclic) bond motifs is 1. The average Bonchev–Trinajstić information content (AvgIpc) is 2.98.